The first kappa shape index (κ1) is 10.8. The van der Waals surface area contributed by atoms with Crippen LogP contribution in [0.2, 0.25) is 0 Å². The van der Waals surface area contributed by atoms with Crippen LogP contribution in [-0.4, -0.2) is 22.9 Å². The van der Waals surface area contributed by atoms with E-state index in [0.717, 1.165) is 25.7 Å². The standard InChI is InChI=1S/C14H16FNO/c15-13-4-2-1-3-10(13)9-14(17)16-11-5-6-12(16)8-7-11/h1-4,11-12H,5-9H2. The number of carbonyl (C=O) groups excluding carboxylic acids is 1. The third kappa shape index (κ3) is 1.84. The van der Waals surface area contributed by atoms with Crippen molar-refractivity contribution in [2.24, 2.45) is 0 Å². The van der Waals surface area contributed by atoms with Crippen molar-refractivity contribution in [2.45, 2.75) is 44.2 Å². The minimum Gasteiger partial charge on any atom is -0.336 e. The van der Waals surface area contributed by atoms with Gasteiger partial charge in [0.2, 0.25) is 5.91 Å². The third-order valence-electron chi connectivity index (χ3n) is 4.04. The Bertz CT molecular complexity index is 426. The molecule has 17 heavy (non-hydrogen) atoms. The molecule has 2 bridgehead atoms. The highest BCUT2D eigenvalue weighted by Gasteiger charge is 2.41. The molecule has 1 aromatic carbocycles. The van der Waals surface area contributed by atoms with Crippen LogP contribution < -0.4 is 0 Å². The van der Waals surface area contributed by atoms with Crippen LogP contribution in [0.3, 0.4) is 0 Å². The van der Waals surface area contributed by atoms with Gasteiger partial charge in [0.1, 0.15) is 5.82 Å². The second kappa shape index (κ2) is 4.13. The van der Waals surface area contributed by atoms with Crippen LogP contribution in [0, 0.1) is 5.82 Å². The Hall–Kier alpha value is -1.38. The number of carbonyl (C=O) groups is 1. The molecule has 2 saturated heterocycles. The van der Waals surface area contributed by atoms with E-state index in [1.54, 1.807) is 18.2 Å². The summed E-state index contributed by atoms with van der Waals surface area (Å²) in [7, 11) is 0. The Morgan fingerprint density at radius 3 is 2.35 bits per heavy atom. The van der Waals surface area contributed by atoms with Gasteiger partial charge in [0, 0.05) is 12.1 Å². The van der Waals surface area contributed by atoms with Gasteiger partial charge in [-0.1, -0.05) is 18.2 Å². The predicted octanol–water partition coefficient (Wildman–Crippen LogP) is 2.52. The summed E-state index contributed by atoms with van der Waals surface area (Å²) in [6, 6.07) is 7.41. The molecular formula is C14H16FNO. The zero-order chi connectivity index (χ0) is 11.8. The Morgan fingerprint density at radius 2 is 1.76 bits per heavy atom. The molecule has 3 rings (SSSR count). The number of benzene rings is 1. The number of hydrogen-bond donors (Lipinski definition) is 0. The molecular weight excluding hydrogens is 217 g/mol. The van der Waals surface area contributed by atoms with Crippen molar-refractivity contribution < 1.29 is 9.18 Å². The van der Waals surface area contributed by atoms with Gasteiger partial charge in [-0.05, 0) is 37.3 Å². The van der Waals surface area contributed by atoms with Crippen LogP contribution in [0.5, 0.6) is 0 Å². The van der Waals surface area contributed by atoms with E-state index < -0.39 is 0 Å². The molecule has 0 radical (unpaired) electrons. The Labute approximate surface area is 100 Å². The fourth-order valence-corrected chi connectivity index (χ4v) is 3.22. The molecule has 0 N–H and O–H groups in total. The van der Waals surface area contributed by atoms with Gasteiger partial charge in [-0.2, -0.15) is 0 Å². The van der Waals surface area contributed by atoms with Crippen molar-refractivity contribution in [1.82, 2.24) is 4.90 Å². The molecule has 0 aromatic heterocycles. The fourth-order valence-electron chi connectivity index (χ4n) is 3.22. The molecule has 1 aromatic rings. The number of amides is 1. The molecule has 0 saturated carbocycles. The van der Waals surface area contributed by atoms with Crippen molar-refractivity contribution in [3.05, 3.63) is 35.6 Å². The van der Waals surface area contributed by atoms with Crippen molar-refractivity contribution in [1.29, 1.82) is 0 Å². The quantitative estimate of drug-likeness (QED) is 0.768. The Kier molecular flexibility index (Phi) is 2.61. The maximum atomic E-state index is 13.5. The van der Waals surface area contributed by atoms with Crippen LogP contribution in [0.15, 0.2) is 24.3 Å². The van der Waals surface area contributed by atoms with Gasteiger partial charge in [-0.25, -0.2) is 4.39 Å². The molecule has 90 valence electrons. The third-order valence-corrected chi connectivity index (χ3v) is 4.04. The lowest BCUT2D eigenvalue weighted by Crippen LogP contribution is -2.36. The number of halogens is 1. The molecule has 0 aliphatic carbocycles. The van der Waals surface area contributed by atoms with Crippen LogP contribution in [-0.2, 0) is 11.2 Å². The van der Waals surface area contributed by atoms with E-state index in [2.05, 4.69) is 0 Å². The smallest absolute Gasteiger partial charge is 0.227 e. The van der Waals surface area contributed by atoms with E-state index in [9.17, 15) is 9.18 Å². The minimum atomic E-state index is -0.271. The molecule has 3 heteroatoms. The largest absolute Gasteiger partial charge is 0.336 e. The summed E-state index contributed by atoms with van der Waals surface area (Å²) in [6.45, 7) is 0. The van der Waals surface area contributed by atoms with E-state index in [-0.39, 0.29) is 18.1 Å². The summed E-state index contributed by atoms with van der Waals surface area (Å²) >= 11 is 0. The number of nitrogens with zero attached hydrogens (tertiary/aromatic N) is 1. The molecule has 0 unspecified atom stereocenters. The first-order chi connectivity index (χ1) is 8.25. The van der Waals surface area contributed by atoms with Crippen molar-refractivity contribution >= 4 is 5.91 Å². The SMILES string of the molecule is O=C(Cc1ccccc1F)N1C2CCC1CC2. The Morgan fingerprint density at radius 1 is 1.18 bits per heavy atom. The zero-order valence-electron chi connectivity index (χ0n) is 9.73. The fraction of sp³-hybridized carbons (Fsp3) is 0.500. The predicted molar refractivity (Wildman–Crippen MR) is 63.0 cm³/mol. The molecule has 0 spiro atoms. The normalized spacial score (nSPS) is 26.5. The van der Waals surface area contributed by atoms with E-state index in [0.29, 0.717) is 17.6 Å². The van der Waals surface area contributed by atoms with Crippen LogP contribution >= 0.6 is 0 Å². The van der Waals surface area contributed by atoms with Gasteiger partial charge in [0.05, 0.1) is 6.42 Å². The lowest BCUT2D eigenvalue weighted by atomic mass is 10.0. The van der Waals surface area contributed by atoms with Crippen molar-refractivity contribution in [3.63, 3.8) is 0 Å². The first-order valence-corrected chi connectivity index (χ1v) is 6.30. The highest BCUT2D eigenvalue weighted by atomic mass is 19.1. The molecule has 2 aliphatic rings. The van der Waals surface area contributed by atoms with Crippen molar-refractivity contribution in [2.75, 3.05) is 0 Å². The highest BCUT2D eigenvalue weighted by molar-refractivity contribution is 5.80. The van der Waals surface area contributed by atoms with Gasteiger partial charge in [0.15, 0.2) is 0 Å². The molecule has 2 fully saturated rings. The molecule has 2 heterocycles. The first-order valence-electron chi connectivity index (χ1n) is 6.30. The summed E-state index contributed by atoms with van der Waals surface area (Å²) in [5, 5.41) is 0. The van der Waals surface area contributed by atoms with Crippen LogP contribution in [0.25, 0.3) is 0 Å². The zero-order valence-corrected chi connectivity index (χ0v) is 9.73. The lowest BCUT2D eigenvalue weighted by molar-refractivity contribution is -0.131. The van der Waals surface area contributed by atoms with Gasteiger partial charge in [-0.15, -0.1) is 0 Å². The summed E-state index contributed by atoms with van der Waals surface area (Å²) in [4.78, 5) is 14.2. The molecule has 1 amide bonds. The topological polar surface area (TPSA) is 20.3 Å². The summed E-state index contributed by atoms with van der Waals surface area (Å²) in [6.07, 6.45) is 4.74. The van der Waals surface area contributed by atoms with Gasteiger partial charge < -0.3 is 4.90 Å². The minimum absolute atomic E-state index is 0.0973. The highest BCUT2D eigenvalue weighted by Crippen LogP contribution is 2.37. The maximum Gasteiger partial charge on any atom is 0.227 e. The number of fused-ring (bicyclic) bond motifs is 2. The molecule has 0 atom stereocenters. The summed E-state index contributed by atoms with van der Waals surface area (Å²) in [5.41, 5.74) is 0.517. The monoisotopic (exact) mass is 233 g/mol. The van der Waals surface area contributed by atoms with Crippen LogP contribution in [0.4, 0.5) is 4.39 Å². The average Bonchev–Trinajstić information content (AvgIpc) is 2.91. The van der Waals surface area contributed by atoms with E-state index >= 15 is 0 Å². The van der Waals surface area contributed by atoms with Crippen LogP contribution in [0.1, 0.15) is 31.2 Å². The van der Waals surface area contributed by atoms with E-state index in [4.69, 9.17) is 0 Å². The summed E-state index contributed by atoms with van der Waals surface area (Å²) in [5.74, 6) is -0.174. The molecule has 2 aliphatic heterocycles. The lowest BCUT2D eigenvalue weighted by Gasteiger charge is -2.22. The van der Waals surface area contributed by atoms with E-state index in [1.807, 2.05) is 4.90 Å². The summed E-state index contributed by atoms with van der Waals surface area (Å²) < 4.78 is 13.5. The van der Waals surface area contributed by atoms with Crippen molar-refractivity contribution in [3.8, 4) is 0 Å². The number of rotatable bonds is 2. The average molecular weight is 233 g/mol. The Balaban J connectivity index is 1.74. The van der Waals surface area contributed by atoms with Gasteiger partial charge in [0.25, 0.3) is 0 Å². The maximum absolute atomic E-state index is 13.5. The molecule has 2 nitrogen and oxygen atoms in total. The van der Waals surface area contributed by atoms with Gasteiger partial charge in [-0.3, -0.25) is 4.79 Å². The van der Waals surface area contributed by atoms with E-state index in [1.165, 1.54) is 6.07 Å². The van der Waals surface area contributed by atoms with Gasteiger partial charge >= 0.3 is 0 Å². The second-order valence-corrected chi connectivity index (χ2v) is 5.03. The second-order valence-electron chi connectivity index (χ2n) is 5.03. The number of hydrogen-bond acceptors (Lipinski definition) is 1.